The molecule has 90 valence electrons. The Morgan fingerprint density at radius 1 is 1.25 bits per heavy atom. The van der Waals surface area contributed by atoms with Crippen molar-refractivity contribution in [2.24, 2.45) is 0 Å². The highest BCUT2D eigenvalue weighted by molar-refractivity contribution is 14.1. The maximum absolute atomic E-state index is 11.8. The van der Waals surface area contributed by atoms with Crippen LogP contribution in [0, 0.1) is 0 Å². The summed E-state index contributed by atoms with van der Waals surface area (Å²) in [7, 11) is 0. The van der Waals surface area contributed by atoms with Gasteiger partial charge in [-0.1, -0.05) is 6.08 Å². The Morgan fingerprint density at radius 3 is 2.50 bits per heavy atom. The molecule has 1 heterocycles. The zero-order valence-electron chi connectivity index (χ0n) is 9.21. The molecule has 1 unspecified atom stereocenters. The van der Waals surface area contributed by atoms with Gasteiger partial charge in [-0.25, -0.2) is 0 Å². The van der Waals surface area contributed by atoms with Gasteiger partial charge in [-0.3, -0.25) is 8.32 Å². The van der Waals surface area contributed by atoms with Crippen LogP contribution in [0.5, 0.6) is 0 Å². The van der Waals surface area contributed by atoms with E-state index < -0.39 is 0 Å². The van der Waals surface area contributed by atoms with Crippen LogP contribution >= 0.6 is 22.9 Å². The minimum atomic E-state index is -0.0413. The van der Waals surface area contributed by atoms with Gasteiger partial charge in [0.05, 0.1) is 0 Å². The van der Waals surface area contributed by atoms with Crippen molar-refractivity contribution in [3.05, 3.63) is 12.3 Å². The lowest BCUT2D eigenvalue weighted by atomic mass is 9.91. The average molecular weight is 335 g/mol. The van der Waals surface area contributed by atoms with Gasteiger partial charge in [0, 0.05) is 34.9 Å². The van der Waals surface area contributed by atoms with Gasteiger partial charge in [0.15, 0.2) is 0 Å². The lowest BCUT2D eigenvalue weighted by Crippen LogP contribution is -2.47. The molecule has 0 spiro atoms. The first-order valence-corrected chi connectivity index (χ1v) is 6.95. The topological polar surface area (TPSA) is 53.2 Å². The molecule has 5 heteroatoms. The fraction of sp³-hybridized carbons (Fsp3) is 0.727. The second-order valence-corrected chi connectivity index (χ2v) is 5.15. The van der Waals surface area contributed by atoms with Gasteiger partial charge < -0.3 is 10.6 Å². The zero-order valence-corrected chi connectivity index (χ0v) is 11.4. The molecule has 0 aromatic carbocycles. The van der Waals surface area contributed by atoms with E-state index in [1.54, 1.807) is 0 Å². The molecular formula is C11H18IN3O. The molecule has 1 aliphatic carbocycles. The van der Waals surface area contributed by atoms with Crippen molar-refractivity contribution >= 4 is 28.8 Å². The van der Waals surface area contributed by atoms with E-state index in [9.17, 15) is 4.79 Å². The summed E-state index contributed by atoms with van der Waals surface area (Å²) in [5.74, 6) is 0.149. The van der Waals surface area contributed by atoms with Crippen molar-refractivity contribution in [1.29, 1.82) is 0 Å². The molecule has 1 saturated carbocycles. The summed E-state index contributed by atoms with van der Waals surface area (Å²) in [6, 6.07) is 0.955. The summed E-state index contributed by atoms with van der Waals surface area (Å²) in [4.78, 5) is 11.8. The van der Waals surface area contributed by atoms with Crippen molar-refractivity contribution < 1.29 is 4.79 Å². The first-order valence-electron chi connectivity index (χ1n) is 5.87. The molecule has 3 N–H and O–H groups in total. The number of rotatable bonds is 3. The Balaban J connectivity index is 1.72. The van der Waals surface area contributed by atoms with Crippen molar-refractivity contribution in [2.45, 2.75) is 50.2 Å². The lowest BCUT2D eigenvalue weighted by Gasteiger charge is -2.29. The van der Waals surface area contributed by atoms with Crippen molar-refractivity contribution in [3.8, 4) is 0 Å². The van der Waals surface area contributed by atoms with E-state index in [0.717, 1.165) is 32.1 Å². The normalized spacial score (nSPS) is 33.4. The summed E-state index contributed by atoms with van der Waals surface area (Å²) >= 11 is 2.21. The SMILES string of the molecule is O=C(NC1CCC(NI)CC1)C1CC=CN1. The summed E-state index contributed by atoms with van der Waals surface area (Å²) in [5, 5.41) is 6.19. The highest BCUT2D eigenvalue weighted by atomic mass is 127. The van der Waals surface area contributed by atoms with Crippen LogP contribution in [0.4, 0.5) is 0 Å². The fourth-order valence-electron chi connectivity index (χ4n) is 2.29. The van der Waals surface area contributed by atoms with Gasteiger partial charge >= 0.3 is 0 Å². The third kappa shape index (κ3) is 3.10. The van der Waals surface area contributed by atoms with Crippen molar-refractivity contribution in [3.63, 3.8) is 0 Å². The Morgan fingerprint density at radius 2 is 1.94 bits per heavy atom. The summed E-state index contributed by atoms with van der Waals surface area (Å²) in [6.07, 6.45) is 9.17. The molecule has 0 radical (unpaired) electrons. The number of halogens is 1. The van der Waals surface area contributed by atoms with Crippen molar-refractivity contribution in [2.75, 3.05) is 0 Å². The largest absolute Gasteiger partial charge is 0.380 e. The van der Waals surface area contributed by atoms with Crippen LogP contribution in [0.3, 0.4) is 0 Å². The Kier molecular flexibility index (Phi) is 4.45. The average Bonchev–Trinajstić information content (AvgIpc) is 2.83. The van der Waals surface area contributed by atoms with Crippen LogP contribution in [0.2, 0.25) is 0 Å². The number of carbonyl (C=O) groups excluding carboxylic acids is 1. The number of hydrogen-bond donors (Lipinski definition) is 3. The highest BCUT2D eigenvalue weighted by Gasteiger charge is 2.25. The summed E-state index contributed by atoms with van der Waals surface area (Å²) in [5.41, 5.74) is 0. The molecule has 2 rings (SSSR count). The van der Waals surface area contributed by atoms with Crippen LogP contribution < -0.4 is 14.2 Å². The van der Waals surface area contributed by atoms with Crippen LogP contribution in [-0.4, -0.2) is 24.0 Å². The maximum Gasteiger partial charge on any atom is 0.243 e. The molecule has 0 aromatic rings. The standard InChI is InChI=1S/C11H18IN3O/c12-15-9-5-3-8(4-6-9)14-11(16)10-2-1-7-13-10/h1,7-10,13,15H,2-6H2,(H,14,16). The van der Waals surface area contributed by atoms with Crippen LogP contribution in [-0.2, 0) is 4.79 Å². The van der Waals surface area contributed by atoms with Crippen LogP contribution in [0.15, 0.2) is 12.3 Å². The van der Waals surface area contributed by atoms with E-state index in [1.165, 1.54) is 0 Å². The molecule has 0 aromatic heterocycles. The minimum absolute atomic E-state index is 0.0413. The second kappa shape index (κ2) is 5.86. The van der Waals surface area contributed by atoms with E-state index in [2.05, 4.69) is 37.0 Å². The molecule has 2 aliphatic rings. The molecule has 16 heavy (non-hydrogen) atoms. The monoisotopic (exact) mass is 335 g/mol. The molecule has 1 amide bonds. The molecule has 1 atom stereocenters. The van der Waals surface area contributed by atoms with Crippen LogP contribution in [0.25, 0.3) is 0 Å². The number of hydrogen-bond acceptors (Lipinski definition) is 3. The first kappa shape index (κ1) is 12.2. The first-order chi connectivity index (χ1) is 7.79. The number of nitrogens with one attached hydrogen (secondary N) is 3. The molecule has 0 bridgehead atoms. The predicted octanol–water partition coefficient (Wildman–Crippen LogP) is 1.23. The van der Waals surface area contributed by atoms with Gasteiger partial charge in [-0.2, -0.15) is 0 Å². The predicted molar refractivity (Wildman–Crippen MR) is 72.0 cm³/mol. The summed E-state index contributed by atoms with van der Waals surface area (Å²) in [6.45, 7) is 0. The van der Waals surface area contributed by atoms with E-state index >= 15 is 0 Å². The highest BCUT2D eigenvalue weighted by Crippen LogP contribution is 2.19. The molecule has 1 fully saturated rings. The van der Waals surface area contributed by atoms with Gasteiger partial charge in [0.2, 0.25) is 5.91 Å². The minimum Gasteiger partial charge on any atom is -0.380 e. The van der Waals surface area contributed by atoms with Gasteiger partial charge in [0.25, 0.3) is 0 Å². The van der Waals surface area contributed by atoms with Gasteiger partial charge in [-0.05, 0) is 38.3 Å². The Labute approximate surface area is 110 Å². The molecule has 1 aliphatic heterocycles. The Hall–Kier alpha value is -0.300. The fourth-order valence-corrected chi connectivity index (χ4v) is 2.91. The van der Waals surface area contributed by atoms with Crippen LogP contribution in [0.1, 0.15) is 32.1 Å². The quantitative estimate of drug-likeness (QED) is 0.537. The third-order valence-corrected chi connectivity index (χ3v) is 4.21. The number of amides is 1. The smallest absolute Gasteiger partial charge is 0.243 e. The van der Waals surface area contributed by atoms with Crippen molar-refractivity contribution in [1.82, 2.24) is 14.2 Å². The molecule has 0 saturated heterocycles. The second-order valence-electron chi connectivity index (χ2n) is 4.52. The van der Waals surface area contributed by atoms with Gasteiger partial charge in [-0.15, -0.1) is 0 Å². The van der Waals surface area contributed by atoms with E-state index in [-0.39, 0.29) is 11.9 Å². The van der Waals surface area contributed by atoms with E-state index in [0.29, 0.717) is 12.1 Å². The van der Waals surface area contributed by atoms with E-state index in [1.807, 2.05) is 12.3 Å². The third-order valence-electron chi connectivity index (χ3n) is 3.33. The number of carbonyl (C=O) groups is 1. The maximum atomic E-state index is 11.8. The zero-order chi connectivity index (χ0) is 11.4. The van der Waals surface area contributed by atoms with E-state index in [4.69, 9.17) is 0 Å². The summed E-state index contributed by atoms with van der Waals surface area (Å²) < 4.78 is 3.27. The Bertz CT molecular complexity index is 266. The van der Waals surface area contributed by atoms with Gasteiger partial charge in [0.1, 0.15) is 6.04 Å². The molecular weight excluding hydrogens is 317 g/mol. The lowest BCUT2D eigenvalue weighted by molar-refractivity contribution is -0.123. The molecule has 4 nitrogen and oxygen atoms in total.